The van der Waals surface area contributed by atoms with Crippen molar-refractivity contribution in [1.82, 2.24) is 10.7 Å². The second-order valence-corrected chi connectivity index (χ2v) is 5.30. The number of carbonyl (C=O) groups excluding carboxylic acids is 4. The maximum absolute atomic E-state index is 12.1. The molecule has 1 aromatic heterocycles. The van der Waals surface area contributed by atoms with Gasteiger partial charge in [0, 0.05) is 12.8 Å². The lowest BCUT2D eigenvalue weighted by Gasteiger charge is -2.12. The van der Waals surface area contributed by atoms with Crippen molar-refractivity contribution in [3.05, 3.63) is 17.0 Å². The fourth-order valence-corrected chi connectivity index (χ4v) is 2.50. The lowest BCUT2D eigenvalue weighted by atomic mass is 10.1. The molecule has 3 N–H and O–H groups in total. The Morgan fingerprint density at radius 2 is 2.13 bits per heavy atom. The molecule has 1 aromatic rings. The third kappa shape index (κ3) is 4.36. The van der Waals surface area contributed by atoms with Crippen LogP contribution in [0, 0.1) is 0 Å². The normalized spacial score (nSPS) is 13.6. The molecule has 1 aliphatic rings. The van der Waals surface area contributed by atoms with Gasteiger partial charge in [0.05, 0.1) is 12.2 Å². The molecule has 0 saturated heterocycles. The Hall–Kier alpha value is -2.75. The summed E-state index contributed by atoms with van der Waals surface area (Å²) in [6.07, 6.45) is -0.472. The number of carbonyl (C=O) groups is 4. The minimum Gasteiger partial charge on any atom is -0.450 e. The van der Waals surface area contributed by atoms with E-state index in [9.17, 15) is 19.2 Å². The van der Waals surface area contributed by atoms with Crippen LogP contribution in [-0.2, 0) is 14.3 Å². The maximum atomic E-state index is 12.1. The van der Waals surface area contributed by atoms with E-state index in [0.717, 1.165) is 11.3 Å². The van der Waals surface area contributed by atoms with Gasteiger partial charge in [-0.05, 0) is 18.4 Å². The van der Waals surface area contributed by atoms with Crippen LogP contribution >= 0.6 is 11.3 Å². The molecule has 0 saturated carbocycles. The highest BCUT2D eigenvalue weighted by Gasteiger charge is 2.22. The number of anilines is 1. The largest absolute Gasteiger partial charge is 0.450 e. The standard InChI is InChI=1S/C13H14N4O5S/c1-2-22-13(21)15-10(19)7-5-6-23-12(7)14-11(20)8-3-4-9(18)17-16-8/h5-6H,2-4H2,1H3,(H,14,20)(H,17,18)(H,15,19,21). The van der Waals surface area contributed by atoms with Gasteiger partial charge in [-0.1, -0.05) is 0 Å². The summed E-state index contributed by atoms with van der Waals surface area (Å²) in [5.41, 5.74) is 2.52. The van der Waals surface area contributed by atoms with Gasteiger partial charge in [-0.25, -0.2) is 10.2 Å². The molecule has 122 valence electrons. The smallest absolute Gasteiger partial charge is 0.414 e. The van der Waals surface area contributed by atoms with Crippen molar-refractivity contribution < 1.29 is 23.9 Å². The molecule has 10 heteroatoms. The SMILES string of the molecule is CCOC(=O)NC(=O)c1ccsc1NC(=O)C1=NNC(=O)CC1. The Labute approximate surface area is 135 Å². The van der Waals surface area contributed by atoms with Crippen LogP contribution in [0.5, 0.6) is 0 Å². The quantitative estimate of drug-likeness (QED) is 0.750. The first-order valence-electron chi connectivity index (χ1n) is 6.73. The van der Waals surface area contributed by atoms with E-state index < -0.39 is 17.9 Å². The minimum atomic E-state index is -0.861. The predicted molar refractivity (Wildman–Crippen MR) is 82.2 cm³/mol. The third-order valence-electron chi connectivity index (χ3n) is 2.79. The van der Waals surface area contributed by atoms with Crippen molar-refractivity contribution in [2.45, 2.75) is 19.8 Å². The van der Waals surface area contributed by atoms with Gasteiger partial charge >= 0.3 is 6.09 Å². The van der Waals surface area contributed by atoms with Gasteiger partial charge in [0.1, 0.15) is 10.7 Å². The van der Waals surface area contributed by atoms with Gasteiger partial charge in [-0.15, -0.1) is 11.3 Å². The summed E-state index contributed by atoms with van der Waals surface area (Å²) in [5.74, 6) is -1.45. The van der Waals surface area contributed by atoms with Gasteiger partial charge < -0.3 is 10.1 Å². The van der Waals surface area contributed by atoms with Crippen LogP contribution in [-0.4, -0.2) is 36.1 Å². The Bertz CT molecular complexity index is 682. The van der Waals surface area contributed by atoms with E-state index in [0.29, 0.717) is 0 Å². The Morgan fingerprint density at radius 1 is 1.35 bits per heavy atom. The number of hydrogen-bond acceptors (Lipinski definition) is 7. The Kier molecular flexibility index (Phi) is 5.41. The van der Waals surface area contributed by atoms with Gasteiger partial charge in [0.2, 0.25) is 5.91 Å². The summed E-state index contributed by atoms with van der Waals surface area (Å²) in [4.78, 5) is 46.3. The van der Waals surface area contributed by atoms with Crippen LogP contribution in [0.25, 0.3) is 0 Å². The Morgan fingerprint density at radius 3 is 2.78 bits per heavy atom. The summed E-state index contributed by atoms with van der Waals surface area (Å²) >= 11 is 1.12. The van der Waals surface area contributed by atoms with Gasteiger partial charge in [0.15, 0.2) is 0 Å². The number of alkyl carbamates (subject to hydrolysis) is 1. The monoisotopic (exact) mass is 338 g/mol. The Balaban J connectivity index is 2.03. The van der Waals surface area contributed by atoms with E-state index in [2.05, 4.69) is 25.9 Å². The molecule has 23 heavy (non-hydrogen) atoms. The van der Waals surface area contributed by atoms with Crippen LogP contribution in [0.2, 0.25) is 0 Å². The summed E-state index contributed by atoms with van der Waals surface area (Å²) in [5, 5.41) is 10.1. The number of rotatable bonds is 4. The molecule has 0 atom stereocenters. The number of thiophene rings is 1. The first-order chi connectivity index (χ1) is 11.0. The van der Waals surface area contributed by atoms with Crippen LogP contribution < -0.4 is 16.1 Å². The second kappa shape index (κ2) is 7.49. The van der Waals surface area contributed by atoms with Crippen molar-refractivity contribution in [3.8, 4) is 0 Å². The van der Waals surface area contributed by atoms with E-state index in [1.807, 2.05) is 0 Å². The predicted octanol–water partition coefficient (Wildman–Crippen LogP) is 0.839. The lowest BCUT2D eigenvalue weighted by molar-refractivity contribution is -0.121. The molecular formula is C13H14N4O5S. The number of nitrogens with zero attached hydrogens (tertiary/aromatic N) is 1. The van der Waals surface area contributed by atoms with Crippen molar-refractivity contribution in [1.29, 1.82) is 0 Å². The average molecular weight is 338 g/mol. The number of ether oxygens (including phenoxy) is 1. The molecule has 0 radical (unpaired) electrons. The maximum Gasteiger partial charge on any atom is 0.414 e. The van der Waals surface area contributed by atoms with E-state index in [1.165, 1.54) is 6.07 Å². The molecule has 0 unspecified atom stereocenters. The van der Waals surface area contributed by atoms with Gasteiger partial charge in [0.25, 0.3) is 11.8 Å². The molecular weight excluding hydrogens is 324 g/mol. The third-order valence-corrected chi connectivity index (χ3v) is 3.62. The molecule has 0 fully saturated rings. The molecule has 4 amide bonds. The van der Waals surface area contributed by atoms with Crippen LogP contribution in [0.4, 0.5) is 9.80 Å². The van der Waals surface area contributed by atoms with E-state index >= 15 is 0 Å². The first-order valence-corrected chi connectivity index (χ1v) is 7.61. The average Bonchev–Trinajstić information content (AvgIpc) is 2.96. The summed E-state index contributed by atoms with van der Waals surface area (Å²) in [6.45, 7) is 1.75. The first kappa shape index (κ1) is 16.6. The van der Waals surface area contributed by atoms with Crippen LogP contribution in [0.3, 0.4) is 0 Å². The molecule has 0 spiro atoms. The second-order valence-electron chi connectivity index (χ2n) is 4.39. The topological polar surface area (TPSA) is 126 Å². The number of imide groups is 1. The van der Waals surface area contributed by atoms with Gasteiger partial charge in [-0.2, -0.15) is 5.10 Å². The summed E-state index contributed by atoms with van der Waals surface area (Å²) in [7, 11) is 0. The van der Waals surface area contributed by atoms with Gasteiger partial charge in [-0.3, -0.25) is 19.7 Å². The minimum absolute atomic E-state index is 0.136. The summed E-state index contributed by atoms with van der Waals surface area (Å²) in [6, 6.07) is 1.47. The highest BCUT2D eigenvalue weighted by atomic mass is 32.1. The van der Waals surface area contributed by atoms with Crippen LogP contribution in [0.1, 0.15) is 30.1 Å². The zero-order valence-corrected chi connectivity index (χ0v) is 13.0. The number of nitrogens with one attached hydrogen (secondary N) is 3. The van der Waals surface area contributed by atoms with Crippen molar-refractivity contribution >= 4 is 45.9 Å². The van der Waals surface area contributed by atoms with Crippen molar-refractivity contribution in [2.75, 3.05) is 11.9 Å². The highest BCUT2D eigenvalue weighted by molar-refractivity contribution is 7.14. The van der Waals surface area contributed by atoms with E-state index in [1.54, 1.807) is 12.3 Å². The van der Waals surface area contributed by atoms with E-state index in [-0.39, 0.29) is 41.6 Å². The number of hydrogen-bond donors (Lipinski definition) is 3. The molecule has 9 nitrogen and oxygen atoms in total. The molecule has 2 heterocycles. The number of hydrazone groups is 1. The zero-order chi connectivity index (χ0) is 16.8. The molecule has 0 bridgehead atoms. The van der Waals surface area contributed by atoms with Crippen LogP contribution in [0.15, 0.2) is 16.5 Å². The molecule has 1 aliphatic heterocycles. The highest BCUT2D eigenvalue weighted by Crippen LogP contribution is 2.23. The number of amides is 4. The van der Waals surface area contributed by atoms with E-state index in [4.69, 9.17) is 0 Å². The van der Waals surface area contributed by atoms with Crippen molar-refractivity contribution in [2.24, 2.45) is 5.10 Å². The van der Waals surface area contributed by atoms with Crippen molar-refractivity contribution in [3.63, 3.8) is 0 Å². The molecule has 0 aliphatic carbocycles. The fourth-order valence-electron chi connectivity index (χ4n) is 1.73. The zero-order valence-electron chi connectivity index (χ0n) is 12.2. The molecule has 0 aromatic carbocycles. The lowest BCUT2D eigenvalue weighted by Crippen LogP contribution is -2.34. The molecule has 2 rings (SSSR count). The fraction of sp³-hybridized carbons (Fsp3) is 0.308. The summed E-state index contributed by atoms with van der Waals surface area (Å²) < 4.78 is 4.62.